The number of amides is 2. The van der Waals surface area contributed by atoms with Crippen molar-refractivity contribution in [2.75, 3.05) is 37.6 Å². The molecular formula is C23H25ClN6O2. The van der Waals surface area contributed by atoms with Gasteiger partial charge in [-0.2, -0.15) is 0 Å². The fourth-order valence-electron chi connectivity index (χ4n) is 3.65. The molecule has 3 heterocycles. The lowest BCUT2D eigenvalue weighted by atomic mass is 10.2. The highest BCUT2D eigenvalue weighted by atomic mass is 35.5. The van der Waals surface area contributed by atoms with Gasteiger partial charge in [-0.1, -0.05) is 35.9 Å². The number of para-hydroxylation sites is 1. The van der Waals surface area contributed by atoms with E-state index in [-0.39, 0.29) is 5.91 Å². The molecule has 9 heteroatoms. The van der Waals surface area contributed by atoms with E-state index in [1.54, 1.807) is 10.5 Å². The lowest BCUT2D eigenvalue weighted by Gasteiger charge is -2.36. The predicted molar refractivity (Wildman–Crippen MR) is 125 cm³/mol. The molecule has 0 radical (unpaired) electrons. The topological polar surface area (TPSA) is 82.0 Å². The molecule has 0 bridgehead atoms. The molecular weight excluding hydrogens is 428 g/mol. The molecule has 0 aliphatic carbocycles. The fourth-order valence-corrected chi connectivity index (χ4v) is 3.89. The summed E-state index contributed by atoms with van der Waals surface area (Å²) in [6.45, 7) is 4.31. The number of rotatable bonds is 6. The highest BCUT2D eigenvalue weighted by molar-refractivity contribution is 6.31. The zero-order chi connectivity index (χ0) is 22.3. The van der Waals surface area contributed by atoms with Gasteiger partial charge >= 0.3 is 0 Å². The van der Waals surface area contributed by atoms with Gasteiger partial charge in [0.2, 0.25) is 5.91 Å². The molecule has 1 aliphatic heterocycles. The number of benzene rings is 1. The lowest BCUT2D eigenvalue weighted by molar-refractivity contribution is -0.127. The Bertz CT molecular complexity index is 1110. The molecule has 8 nitrogen and oxygen atoms in total. The molecule has 0 spiro atoms. The first kappa shape index (κ1) is 21.9. The number of carbonyl (C=O) groups excluding carboxylic acids is 2. The number of hydrazine groups is 1. The fraction of sp³-hybridized carbons (Fsp3) is 0.261. The van der Waals surface area contributed by atoms with Crippen LogP contribution in [0.1, 0.15) is 12.1 Å². The van der Waals surface area contributed by atoms with E-state index < -0.39 is 5.91 Å². The van der Waals surface area contributed by atoms with Crippen molar-refractivity contribution in [2.45, 2.75) is 6.42 Å². The maximum atomic E-state index is 12.1. The molecule has 2 amide bonds. The molecule has 1 saturated heterocycles. The van der Waals surface area contributed by atoms with E-state index in [1.807, 2.05) is 42.6 Å². The van der Waals surface area contributed by atoms with E-state index in [9.17, 15) is 9.59 Å². The van der Waals surface area contributed by atoms with Gasteiger partial charge in [0.25, 0.3) is 5.91 Å². The number of hydrogen-bond donors (Lipinski definition) is 2. The van der Waals surface area contributed by atoms with Gasteiger partial charge < -0.3 is 4.90 Å². The Kier molecular flexibility index (Phi) is 7.03. The second-order valence-corrected chi connectivity index (χ2v) is 7.86. The minimum Gasteiger partial charge on any atom is -0.369 e. The maximum Gasteiger partial charge on any atom is 0.262 e. The standard InChI is InChI=1S/C23H25ClN6O2/c24-23-19(30-12-5-4-8-20(30)25-23)9-10-21(31)26-27-22(32)11-13-28-14-16-29(17-15-28)18-6-2-1-3-7-18/h1-10,12H,11,13-17H2,(H,26,31)(H,27,32)/b10-9+. The Balaban J connectivity index is 1.18. The number of piperazine rings is 1. The van der Waals surface area contributed by atoms with Crippen LogP contribution in [0, 0.1) is 0 Å². The number of pyridine rings is 1. The van der Waals surface area contributed by atoms with Crippen LogP contribution in [-0.2, 0) is 9.59 Å². The van der Waals surface area contributed by atoms with E-state index in [0.29, 0.717) is 29.5 Å². The molecule has 1 fully saturated rings. The van der Waals surface area contributed by atoms with Crippen LogP contribution in [-0.4, -0.2) is 58.8 Å². The molecule has 32 heavy (non-hydrogen) atoms. The largest absolute Gasteiger partial charge is 0.369 e. The van der Waals surface area contributed by atoms with Crippen molar-refractivity contribution in [2.24, 2.45) is 0 Å². The van der Waals surface area contributed by atoms with Crippen LogP contribution in [0.5, 0.6) is 0 Å². The first-order valence-electron chi connectivity index (χ1n) is 10.5. The quantitative estimate of drug-likeness (QED) is 0.443. The van der Waals surface area contributed by atoms with E-state index in [1.165, 1.54) is 11.8 Å². The van der Waals surface area contributed by atoms with Crippen LogP contribution < -0.4 is 15.8 Å². The van der Waals surface area contributed by atoms with Crippen LogP contribution in [0.25, 0.3) is 11.7 Å². The first-order chi connectivity index (χ1) is 15.6. The van der Waals surface area contributed by atoms with Gasteiger partial charge in [0, 0.05) is 57.1 Å². The van der Waals surface area contributed by atoms with Crippen molar-refractivity contribution in [3.63, 3.8) is 0 Å². The van der Waals surface area contributed by atoms with Gasteiger partial charge in [-0.05, 0) is 30.3 Å². The number of anilines is 1. The average Bonchev–Trinajstić information content (AvgIpc) is 3.15. The van der Waals surface area contributed by atoms with Crippen molar-refractivity contribution in [1.29, 1.82) is 0 Å². The van der Waals surface area contributed by atoms with E-state index in [2.05, 4.69) is 37.8 Å². The third-order valence-electron chi connectivity index (χ3n) is 5.39. The zero-order valence-corrected chi connectivity index (χ0v) is 18.3. The van der Waals surface area contributed by atoms with E-state index in [4.69, 9.17) is 11.6 Å². The monoisotopic (exact) mass is 452 g/mol. The van der Waals surface area contributed by atoms with Crippen molar-refractivity contribution >= 4 is 40.8 Å². The highest BCUT2D eigenvalue weighted by Crippen LogP contribution is 2.19. The molecule has 3 aromatic rings. The molecule has 0 atom stereocenters. The number of aromatic nitrogens is 2. The van der Waals surface area contributed by atoms with Crippen molar-refractivity contribution < 1.29 is 9.59 Å². The average molecular weight is 453 g/mol. The van der Waals surface area contributed by atoms with Crippen LogP contribution in [0.3, 0.4) is 0 Å². The van der Waals surface area contributed by atoms with Gasteiger partial charge in [0.05, 0.1) is 5.69 Å². The number of fused-ring (bicyclic) bond motifs is 1. The molecule has 0 unspecified atom stereocenters. The van der Waals surface area contributed by atoms with Gasteiger partial charge in [-0.3, -0.25) is 29.7 Å². The maximum absolute atomic E-state index is 12.1. The summed E-state index contributed by atoms with van der Waals surface area (Å²) in [6, 6.07) is 15.9. The van der Waals surface area contributed by atoms with Crippen LogP contribution in [0.4, 0.5) is 5.69 Å². The Hall–Kier alpha value is -3.36. The summed E-state index contributed by atoms with van der Waals surface area (Å²) in [5, 5.41) is 0.302. The molecule has 0 saturated carbocycles. The van der Waals surface area contributed by atoms with Crippen LogP contribution in [0.2, 0.25) is 5.15 Å². The number of hydrogen-bond acceptors (Lipinski definition) is 5. The smallest absolute Gasteiger partial charge is 0.262 e. The molecule has 4 rings (SSSR count). The van der Waals surface area contributed by atoms with Gasteiger partial charge in [-0.15, -0.1) is 0 Å². The molecule has 1 aliphatic rings. The summed E-state index contributed by atoms with van der Waals surface area (Å²) in [7, 11) is 0. The summed E-state index contributed by atoms with van der Waals surface area (Å²) in [4.78, 5) is 33.0. The van der Waals surface area contributed by atoms with E-state index >= 15 is 0 Å². The number of carbonyl (C=O) groups is 2. The number of imidazole rings is 1. The second kappa shape index (κ2) is 10.3. The van der Waals surface area contributed by atoms with Gasteiger partial charge in [-0.25, -0.2) is 4.98 Å². The normalized spacial score (nSPS) is 14.7. The van der Waals surface area contributed by atoms with Crippen molar-refractivity contribution in [3.05, 3.63) is 71.7 Å². The Morgan fingerprint density at radius 1 is 1.00 bits per heavy atom. The highest BCUT2D eigenvalue weighted by Gasteiger charge is 2.17. The summed E-state index contributed by atoms with van der Waals surface area (Å²) >= 11 is 6.15. The Morgan fingerprint density at radius 3 is 2.53 bits per heavy atom. The third-order valence-corrected chi connectivity index (χ3v) is 5.67. The SMILES string of the molecule is O=C(/C=C/c1c(Cl)nc2ccccn12)NNC(=O)CCN1CCN(c2ccccc2)CC1. The van der Waals surface area contributed by atoms with Crippen LogP contribution in [0.15, 0.2) is 60.8 Å². The molecule has 2 aromatic heterocycles. The first-order valence-corrected chi connectivity index (χ1v) is 10.9. The second-order valence-electron chi connectivity index (χ2n) is 7.50. The number of halogens is 1. The van der Waals surface area contributed by atoms with Crippen LogP contribution >= 0.6 is 11.6 Å². The number of nitrogens with zero attached hydrogens (tertiary/aromatic N) is 4. The number of nitrogens with one attached hydrogen (secondary N) is 2. The molecule has 1 aromatic carbocycles. The Morgan fingerprint density at radius 2 is 1.75 bits per heavy atom. The lowest BCUT2D eigenvalue weighted by Crippen LogP contribution is -2.48. The van der Waals surface area contributed by atoms with Crippen molar-refractivity contribution in [3.8, 4) is 0 Å². The van der Waals surface area contributed by atoms with E-state index in [0.717, 1.165) is 26.2 Å². The third kappa shape index (κ3) is 5.46. The summed E-state index contributed by atoms with van der Waals surface area (Å²) in [6.07, 6.45) is 5.00. The Labute approximate surface area is 191 Å². The molecule has 2 N–H and O–H groups in total. The predicted octanol–water partition coefficient (Wildman–Crippen LogP) is 2.36. The minimum absolute atomic E-state index is 0.231. The van der Waals surface area contributed by atoms with Gasteiger partial charge in [0.1, 0.15) is 5.65 Å². The summed E-state index contributed by atoms with van der Waals surface area (Å²) in [5.41, 5.74) is 7.37. The summed E-state index contributed by atoms with van der Waals surface area (Å²) in [5.74, 6) is -0.679. The van der Waals surface area contributed by atoms with Gasteiger partial charge in [0.15, 0.2) is 5.15 Å². The molecule has 166 valence electrons. The summed E-state index contributed by atoms with van der Waals surface area (Å²) < 4.78 is 1.78. The minimum atomic E-state index is -0.447. The zero-order valence-electron chi connectivity index (χ0n) is 17.6. The van der Waals surface area contributed by atoms with Crippen molar-refractivity contribution in [1.82, 2.24) is 25.1 Å².